The van der Waals surface area contributed by atoms with Gasteiger partial charge in [-0.2, -0.15) is 15.3 Å². The Labute approximate surface area is 218 Å². The molecule has 2 heterocycles. The van der Waals surface area contributed by atoms with Crippen molar-refractivity contribution in [1.29, 1.82) is 5.26 Å². The molecule has 1 saturated heterocycles. The number of nitrogens with one attached hydrogen (secondary N) is 1. The number of nitriles is 1. The fourth-order valence-electron chi connectivity index (χ4n) is 3.75. The number of hydrogen-bond donors (Lipinski definition) is 4. The van der Waals surface area contributed by atoms with Gasteiger partial charge < -0.3 is 29.9 Å². The lowest BCUT2D eigenvalue weighted by atomic mass is 10.0. The van der Waals surface area contributed by atoms with Crippen LogP contribution in [-0.2, 0) is 29.1 Å². The lowest BCUT2D eigenvalue weighted by Gasteiger charge is -2.29. The van der Waals surface area contributed by atoms with Gasteiger partial charge >= 0.3 is 19.4 Å². The highest BCUT2D eigenvalue weighted by Gasteiger charge is 2.59. The van der Waals surface area contributed by atoms with E-state index < -0.39 is 61.7 Å². The summed E-state index contributed by atoms with van der Waals surface area (Å²) in [6, 6.07) is 9.74. The Hall–Kier alpha value is -3.31. The second-order valence-corrected chi connectivity index (χ2v) is 10.5. The van der Waals surface area contributed by atoms with Crippen molar-refractivity contribution in [2.24, 2.45) is 0 Å². The fraction of sp³-hybridized carbons (Fsp3) is 0.478. The highest BCUT2D eigenvalue weighted by molar-refractivity contribution is 7.52. The van der Waals surface area contributed by atoms with E-state index in [4.69, 9.17) is 24.3 Å². The zero-order valence-corrected chi connectivity index (χ0v) is 22.0. The number of carbonyl (C=O) groups is 1. The maximum atomic E-state index is 13.8. The second-order valence-electron chi connectivity index (χ2n) is 8.88. The minimum atomic E-state index is -4.39. The Morgan fingerprint density at radius 1 is 1.26 bits per heavy atom. The molecule has 1 fully saturated rings. The fourth-order valence-corrected chi connectivity index (χ4v) is 5.44. The molecular formula is C23H30N5O9P. The maximum Gasteiger partial charge on any atom is 0.459 e. The molecule has 3 rings (SSSR count). The van der Waals surface area contributed by atoms with Gasteiger partial charge in [0.15, 0.2) is 0 Å². The van der Waals surface area contributed by atoms with Crippen molar-refractivity contribution in [3.63, 3.8) is 0 Å². The van der Waals surface area contributed by atoms with Gasteiger partial charge in [-0.1, -0.05) is 18.2 Å². The third-order valence-corrected chi connectivity index (χ3v) is 7.28. The van der Waals surface area contributed by atoms with Crippen molar-refractivity contribution in [3.05, 3.63) is 53.1 Å². The van der Waals surface area contributed by atoms with E-state index in [-0.39, 0.29) is 11.6 Å². The number of nitrogens with two attached hydrogens (primary N) is 1. The SMILES string of the molecule is CC(C)OC(=O)[C@H](C)N[P@@](=O)(Oc1ccccc1)O[C@H](C)[C@H]1O[C@@](C#N)(n2ccc(N)nc2=O)[C@H](O)[C@@H]1O. The van der Waals surface area contributed by atoms with Gasteiger partial charge in [-0.15, -0.1) is 0 Å². The van der Waals surface area contributed by atoms with E-state index in [1.165, 1.54) is 32.0 Å². The lowest BCUT2D eigenvalue weighted by molar-refractivity contribution is -0.149. The summed E-state index contributed by atoms with van der Waals surface area (Å²) in [6.45, 7) is 6.04. The van der Waals surface area contributed by atoms with Crippen molar-refractivity contribution in [3.8, 4) is 11.8 Å². The van der Waals surface area contributed by atoms with Crippen LogP contribution in [0.5, 0.6) is 5.75 Å². The summed E-state index contributed by atoms with van der Waals surface area (Å²) in [6.07, 6.45) is -5.86. The molecule has 15 heteroatoms. The molecule has 0 bridgehead atoms. The predicted octanol–water partition coefficient (Wildman–Crippen LogP) is 0.644. The minimum absolute atomic E-state index is 0.129. The first-order chi connectivity index (χ1) is 17.8. The average molecular weight is 551 g/mol. The number of para-hydroxylation sites is 1. The van der Waals surface area contributed by atoms with Gasteiger partial charge in [-0.25, -0.2) is 9.36 Å². The monoisotopic (exact) mass is 551 g/mol. The first-order valence-electron chi connectivity index (χ1n) is 11.6. The average Bonchev–Trinajstić information content (AvgIpc) is 3.10. The smallest absolute Gasteiger partial charge is 0.459 e. The van der Waals surface area contributed by atoms with E-state index in [1.54, 1.807) is 38.1 Å². The number of rotatable bonds is 10. The Morgan fingerprint density at radius 3 is 2.50 bits per heavy atom. The lowest BCUT2D eigenvalue weighted by Crippen LogP contribution is -2.49. The van der Waals surface area contributed by atoms with Crippen molar-refractivity contribution in [2.75, 3.05) is 5.73 Å². The summed E-state index contributed by atoms with van der Waals surface area (Å²) in [7, 11) is -4.39. The third kappa shape index (κ3) is 6.21. The molecule has 14 nitrogen and oxygen atoms in total. The number of aliphatic hydroxyl groups excluding tert-OH is 2. The van der Waals surface area contributed by atoms with E-state index in [0.717, 1.165) is 6.20 Å². The van der Waals surface area contributed by atoms with Crippen LogP contribution in [0.25, 0.3) is 0 Å². The second kappa shape index (κ2) is 11.6. The van der Waals surface area contributed by atoms with Crippen molar-refractivity contribution < 1.29 is 38.1 Å². The molecule has 5 N–H and O–H groups in total. The molecule has 206 valence electrons. The summed E-state index contributed by atoms with van der Waals surface area (Å²) in [5.41, 5.74) is 2.10. The van der Waals surface area contributed by atoms with Crippen molar-refractivity contribution in [1.82, 2.24) is 14.6 Å². The van der Waals surface area contributed by atoms with E-state index in [1.807, 2.05) is 0 Å². The Bertz CT molecular complexity index is 1280. The number of nitrogen functional groups attached to an aromatic ring is 1. The number of benzene rings is 1. The Balaban J connectivity index is 1.90. The summed E-state index contributed by atoms with van der Waals surface area (Å²) < 4.78 is 36.6. The number of aliphatic hydroxyl groups is 2. The molecule has 2 aromatic rings. The van der Waals surface area contributed by atoms with Gasteiger partial charge in [0.25, 0.3) is 5.72 Å². The maximum absolute atomic E-state index is 13.8. The van der Waals surface area contributed by atoms with Crippen LogP contribution in [0.2, 0.25) is 0 Å². The molecule has 0 amide bonds. The third-order valence-electron chi connectivity index (χ3n) is 5.51. The molecule has 0 radical (unpaired) electrons. The standard InChI is InChI=1S/C23H30N5O9P/c1-13(2)34-21(31)14(3)27-38(33,37-16-8-6-5-7-9-16)36-15(4)19-18(29)20(30)23(12-24,35-19)28-11-10-17(25)26-22(28)32/h5-11,13-15,18-20,29-30H,1-4H3,(H,27,33)(H2,25,26,32)/t14-,15+,18+,19+,20+,23+,38-/m0/s1. The normalized spacial score (nSPS) is 26.2. The van der Waals surface area contributed by atoms with Crippen LogP contribution in [0.4, 0.5) is 5.82 Å². The van der Waals surface area contributed by atoms with Gasteiger partial charge in [0.05, 0.1) is 12.2 Å². The Morgan fingerprint density at radius 2 is 1.92 bits per heavy atom. The predicted molar refractivity (Wildman–Crippen MR) is 132 cm³/mol. The molecule has 1 aliphatic rings. The van der Waals surface area contributed by atoms with Crippen LogP contribution >= 0.6 is 7.75 Å². The van der Waals surface area contributed by atoms with Gasteiger partial charge in [0.1, 0.15) is 42.0 Å². The molecular weight excluding hydrogens is 521 g/mol. The summed E-state index contributed by atoms with van der Waals surface area (Å²) in [5, 5.41) is 33.9. The summed E-state index contributed by atoms with van der Waals surface area (Å²) in [5.74, 6) is -0.714. The zero-order chi connectivity index (χ0) is 28.3. The highest BCUT2D eigenvalue weighted by Crippen LogP contribution is 2.48. The molecule has 38 heavy (non-hydrogen) atoms. The zero-order valence-electron chi connectivity index (χ0n) is 21.1. The number of ether oxygens (including phenoxy) is 2. The molecule has 1 aromatic carbocycles. The van der Waals surface area contributed by atoms with Crippen LogP contribution < -0.4 is 21.0 Å². The molecule has 0 saturated carbocycles. The Kier molecular flexibility index (Phi) is 8.94. The van der Waals surface area contributed by atoms with Crippen LogP contribution in [0.1, 0.15) is 27.7 Å². The number of anilines is 1. The quantitative estimate of drug-likeness (QED) is 0.236. The van der Waals surface area contributed by atoms with Gasteiger partial charge in [0, 0.05) is 6.20 Å². The topological polar surface area (TPSA) is 208 Å². The molecule has 0 spiro atoms. The van der Waals surface area contributed by atoms with E-state index in [0.29, 0.717) is 4.57 Å². The van der Waals surface area contributed by atoms with E-state index in [2.05, 4.69) is 10.1 Å². The molecule has 0 aliphatic carbocycles. The van der Waals surface area contributed by atoms with Crippen molar-refractivity contribution >= 4 is 19.5 Å². The first-order valence-corrected chi connectivity index (χ1v) is 13.2. The van der Waals surface area contributed by atoms with Gasteiger partial charge in [-0.05, 0) is 45.9 Å². The minimum Gasteiger partial charge on any atom is -0.462 e. The first kappa shape index (κ1) is 29.2. The largest absolute Gasteiger partial charge is 0.462 e. The number of esters is 1. The number of aromatic nitrogens is 2. The molecule has 7 atom stereocenters. The molecule has 0 unspecified atom stereocenters. The van der Waals surface area contributed by atoms with Crippen LogP contribution in [0.15, 0.2) is 47.4 Å². The van der Waals surface area contributed by atoms with E-state index >= 15 is 0 Å². The number of carbonyl (C=O) groups excluding carboxylic acids is 1. The van der Waals surface area contributed by atoms with Crippen LogP contribution in [-0.4, -0.2) is 62.3 Å². The van der Waals surface area contributed by atoms with Gasteiger partial charge in [0.2, 0.25) is 0 Å². The summed E-state index contributed by atoms with van der Waals surface area (Å²) >= 11 is 0. The van der Waals surface area contributed by atoms with Crippen LogP contribution in [0.3, 0.4) is 0 Å². The van der Waals surface area contributed by atoms with E-state index in [9.17, 15) is 29.6 Å². The molecule has 1 aromatic heterocycles. The van der Waals surface area contributed by atoms with Crippen LogP contribution in [0, 0.1) is 11.3 Å². The summed E-state index contributed by atoms with van der Waals surface area (Å²) in [4.78, 5) is 28.3. The molecule has 1 aliphatic heterocycles. The van der Waals surface area contributed by atoms with Crippen molar-refractivity contribution in [2.45, 2.75) is 70.0 Å². The number of nitrogens with zero attached hydrogens (tertiary/aromatic N) is 3. The van der Waals surface area contributed by atoms with Gasteiger partial charge in [-0.3, -0.25) is 13.9 Å². The highest BCUT2D eigenvalue weighted by atomic mass is 31.2. The number of hydrogen-bond acceptors (Lipinski definition) is 12.